The Balaban J connectivity index is 0.810. The molecular weight excluding hydrogens is 1090 g/mol. The largest absolute Gasteiger partial charge is 0.462 e. The van der Waals surface area contributed by atoms with Gasteiger partial charge in [-0.3, -0.25) is 19.3 Å². The van der Waals surface area contributed by atoms with E-state index in [4.69, 9.17) is 27.1 Å². The van der Waals surface area contributed by atoms with Crippen molar-refractivity contribution in [3.63, 3.8) is 0 Å². The number of nitrogens with two attached hydrogens (primary N) is 1. The Morgan fingerprint density at radius 1 is 1.01 bits per heavy atom. The monoisotopic (exact) mass is 1150 g/mol. The maximum atomic E-state index is 17.6. The molecule has 0 aliphatic carbocycles. The summed E-state index contributed by atoms with van der Waals surface area (Å²) in [4.78, 5) is 61.4. The van der Waals surface area contributed by atoms with Gasteiger partial charge in [0.1, 0.15) is 36.1 Å². The first-order valence-corrected chi connectivity index (χ1v) is 28.7. The first-order valence-electron chi connectivity index (χ1n) is 27.4. The second-order valence-corrected chi connectivity index (χ2v) is 24.5. The number of piperazine rings is 1. The third-order valence-electron chi connectivity index (χ3n) is 16.7. The number of amides is 3. The van der Waals surface area contributed by atoms with E-state index < -0.39 is 77.9 Å². The SMILES string of the molecule is Cc1ncsc1-c1ccc([C@H](C)NC(=O)[C@@H]2C[C@@H](O)CN2C(=O)[C@@H](NC(=O)CCCCN2C[C@@H](C(F)(F)F)[C@H]2COc2nc(N3CC4CCC(C3)N4)c3cc(Cl)c(-c4c(C)n(C)c5ccc(N)c(C#N)c45)c(F)c3n2)C(C)(C)C)cc1. The molecule has 17 nitrogen and oxygen atoms in total. The second kappa shape index (κ2) is 22.6. The molecule has 7 heterocycles. The first kappa shape index (κ1) is 57.6. The number of unbranched alkanes of at least 4 members (excludes halogenated alkanes) is 1. The summed E-state index contributed by atoms with van der Waals surface area (Å²) >= 11 is 8.58. The van der Waals surface area contributed by atoms with E-state index in [0.29, 0.717) is 52.9 Å². The number of anilines is 2. The quantitative estimate of drug-likeness (QED) is 0.0349. The van der Waals surface area contributed by atoms with Gasteiger partial charge in [-0.15, -0.1) is 11.3 Å². The molecule has 4 aliphatic rings. The number of carbonyl (C=O) groups excluding carboxylic acids is 3. The number of ether oxygens (including phenoxy) is 1. The van der Waals surface area contributed by atoms with Crippen molar-refractivity contribution in [3.8, 4) is 33.6 Å². The molecule has 4 fully saturated rings. The fourth-order valence-corrected chi connectivity index (χ4v) is 13.3. The molecule has 430 valence electrons. The summed E-state index contributed by atoms with van der Waals surface area (Å²) in [5.74, 6) is -3.63. The molecule has 0 radical (unpaired) electrons. The van der Waals surface area contributed by atoms with Crippen LogP contribution in [0.15, 0.2) is 48.0 Å². The van der Waals surface area contributed by atoms with Gasteiger partial charge in [0.25, 0.3) is 0 Å². The predicted octanol–water partition coefficient (Wildman–Crippen LogP) is 8.50. The number of aliphatic hydroxyl groups excluding tert-OH is 1. The maximum absolute atomic E-state index is 17.6. The number of β-amino-alcohol motifs (C(OH)–C–C–N with tert-alkyl or cyclic N) is 1. The molecule has 6 aromatic rings. The molecule has 3 aromatic heterocycles. The van der Waals surface area contributed by atoms with E-state index >= 15 is 4.39 Å². The summed E-state index contributed by atoms with van der Waals surface area (Å²) in [6.45, 7) is 11.3. The fourth-order valence-electron chi connectivity index (χ4n) is 12.2. The number of aryl methyl sites for hydroxylation is 2. The number of alkyl halides is 3. The van der Waals surface area contributed by atoms with Crippen LogP contribution in [0.25, 0.3) is 43.4 Å². The van der Waals surface area contributed by atoms with Crippen molar-refractivity contribution in [2.24, 2.45) is 18.4 Å². The predicted molar refractivity (Wildman–Crippen MR) is 303 cm³/mol. The Labute approximate surface area is 476 Å². The van der Waals surface area contributed by atoms with Crippen LogP contribution in [0, 0.1) is 42.3 Å². The van der Waals surface area contributed by atoms with Crippen molar-refractivity contribution in [3.05, 3.63) is 81.3 Å². The lowest BCUT2D eigenvalue weighted by atomic mass is 9.85. The van der Waals surface area contributed by atoms with E-state index in [0.717, 1.165) is 34.5 Å². The van der Waals surface area contributed by atoms with Crippen molar-refractivity contribution in [1.82, 2.24) is 45.3 Å². The zero-order chi connectivity index (χ0) is 58.0. The van der Waals surface area contributed by atoms with Gasteiger partial charge in [-0.2, -0.15) is 28.4 Å². The van der Waals surface area contributed by atoms with E-state index in [2.05, 4.69) is 32.0 Å². The van der Waals surface area contributed by atoms with Crippen LogP contribution in [0.4, 0.5) is 29.1 Å². The van der Waals surface area contributed by atoms with Gasteiger partial charge < -0.3 is 45.9 Å². The standard InChI is InChI=1S/C58H67ClF4N12O5S/c1-29(32-11-13-33(14-12-32)51-30(2)66-28-81-51)67-54(78)43-20-36(76)25-75(43)55(79)52(57(4,5)6)69-45(77)10-8-9-19-73-26-39(58(61,62)63)44(73)27-80-56-70-50-37(53(71-56)74-23-34-15-16-35(24-74)68-34)21-40(59)48(49(50)60)46-31(3)72(7)42-18-17-41(65)38(22-64)47(42)46/h11-14,17-18,21,28-29,34-36,39,43-44,52,68,76H,8-10,15-16,19-20,23-27,65H2,1-7H3,(H,67,78)(H,69,77)/t29-,34?,35?,36+,39+,43-,44+,52+/m0/s1. The van der Waals surface area contributed by atoms with Crippen LogP contribution in [0.3, 0.4) is 0 Å². The average molecular weight is 1160 g/mol. The van der Waals surface area contributed by atoms with Gasteiger partial charge in [-0.05, 0) is 87.7 Å². The molecule has 81 heavy (non-hydrogen) atoms. The van der Waals surface area contributed by atoms with E-state index in [-0.39, 0.29) is 84.3 Å². The number of likely N-dealkylation sites (tertiary alicyclic amines) is 2. The number of rotatable bonds is 16. The third kappa shape index (κ3) is 11.4. The molecule has 8 atom stereocenters. The van der Waals surface area contributed by atoms with Crippen molar-refractivity contribution < 1.29 is 41.8 Å². The molecule has 0 saturated carbocycles. The topological polar surface area (TPSA) is 220 Å². The minimum Gasteiger partial charge on any atom is -0.462 e. The number of nitrogens with one attached hydrogen (secondary N) is 3. The van der Waals surface area contributed by atoms with Crippen molar-refractivity contribution >= 4 is 74.0 Å². The lowest BCUT2D eigenvalue weighted by molar-refractivity contribution is -0.234. The minimum atomic E-state index is -4.56. The molecule has 2 unspecified atom stereocenters. The van der Waals surface area contributed by atoms with E-state index in [9.17, 15) is 37.9 Å². The lowest BCUT2D eigenvalue weighted by Gasteiger charge is -2.48. The number of thiazole rings is 1. The maximum Gasteiger partial charge on any atom is 0.394 e. The zero-order valence-corrected chi connectivity index (χ0v) is 47.8. The van der Waals surface area contributed by atoms with Gasteiger partial charge in [0.2, 0.25) is 17.7 Å². The Bertz CT molecular complexity index is 3440. The van der Waals surface area contributed by atoms with E-state index in [1.165, 1.54) is 4.90 Å². The number of halogens is 5. The number of aliphatic hydroxyl groups is 1. The van der Waals surface area contributed by atoms with Gasteiger partial charge in [-0.25, -0.2) is 9.37 Å². The van der Waals surface area contributed by atoms with E-state index in [1.807, 2.05) is 47.6 Å². The Kier molecular flexibility index (Phi) is 16.1. The third-order valence-corrected chi connectivity index (χ3v) is 18.0. The molecular formula is C58H67ClF4N12O5S. The number of benzene rings is 3. The zero-order valence-electron chi connectivity index (χ0n) is 46.3. The number of hydrogen-bond donors (Lipinski definition) is 5. The number of hydrogen-bond acceptors (Lipinski definition) is 14. The first-order chi connectivity index (χ1) is 38.4. The van der Waals surface area contributed by atoms with Crippen LogP contribution < -0.4 is 31.3 Å². The van der Waals surface area contributed by atoms with Gasteiger partial charge in [-0.1, -0.05) is 56.6 Å². The number of nitrogens with zero attached hydrogens (tertiary/aromatic N) is 8. The van der Waals surface area contributed by atoms with Crippen LogP contribution in [-0.4, -0.2) is 134 Å². The minimum absolute atomic E-state index is 0.0199. The summed E-state index contributed by atoms with van der Waals surface area (Å²) in [7, 11) is 1.79. The molecule has 6 N–H and O–H groups in total. The van der Waals surface area contributed by atoms with Crippen LogP contribution >= 0.6 is 22.9 Å². The van der Waals surface area contributed by atoms with E-state index in [1.54, 1.807) is 74.7 Å². The van der Waals surface area contributed by atoms with Gasteiger partial charge in [0.05, 0.1) is 62.0 Å². The number of aromatic nitrogens is 4. The molecule has 2 bridgehead atoms. The molecule has 3 aromatic carbocycles. The number of nitriles is 1. The van der Waals surface area contributed by atoms with Gasteiger partial charge >= 0.3 is 12.2 Å². The van der Waals surface area contributed by atoms with Crippen LogP contribution in [0.5, 0.6) is 6.01 Å². The molecule has 10 rings (SSSR count). The number of carbonyl (C=O) groups is 3. The Morgan fingerprint density at radius 3 is 2.38 bits per heavy atom. The van der Waals surface area contributed by atoms with Crippen molar-refractivity contribution in [1.29, 1.82) is 5.26 Å². The summed E-state index contributed by atoms with van der Waals surface area (Å²) < 4.78 is 69.3. The fraction of sp³-hybridized carbons (Fsp3) is 0.500. The highest BCUT2D eigenvalue weighted by Gasteiger charge is 2.54. The molecule has 3 amide bonds. The Hall–Kier alpha value is -6.64. The number of fused-ring (bicyclic) bond motifs is 4. The highest BCUT2D eigenvalue weighted by Crippen LogP contribution is 2.46. The van der Waals surface area contributed by atoms with Gasteiger partial charge in [0.15, 0.2) is 5.82 Å². The summed E-state index contributed by atoms with van der Waals surface area (Å²) in [6, 6.07) is 11.3. The van der Waals surface area contributed by atoms with Crippen molar-refractivity contribution in [2.75, 3.05) is 50.0 Å². The smallest absolute Gasteiger partial charge is 0.394 e. The summed E-state index contributed by atoms with van der Waals surface area (Å²) in [5, 5.41) is 31.2. The van der Waals surface area contributed by atoms with Crippen LogP contribution in [0.2, 0.25) is 5.02 Å². The summed E-state index contributed by atoms with van der Waals surface area (Å²) in [5.41, 5.74) is 11.8. The molecule has 0 spiro atoms. The van der Waals surface area contributed by atoms with Crippen LogP contribution in [0.1, 0.15) is 94.8 Å². The average Bonchev–Trinajstić information content (AvgIpc) is 4.31. The molecule has 4 aliphatic heterocycles. The lowest BCUT2D eigenvalue weighted by Crippen LogP contribution is -2.63. The number of nitrogen functional groups attached to an aromatic ring is 1. The highest BCUT2D eigenvalue weighted by molar-refractivity contribution is 7.13. The normalized spacial score (nSPS) is 22.0. The summed E-state index contributed by atoms with van der Waals surface area (Å²) in [6.07, 6.45) is -3.08. The van der Waals surface area contributed by atoms with Crippen LogP contribution in [-0.2, 0) is 21.4 Å². The van der Waals surface area contributed by atoms with Crippen molar-refractivity contribution in [2.45, 2.75) is 129 Å². The Morgan fingerprint density at radius 2 is 1.73 bits per heavy atom. The van der Waals surface area contributed by atoms with Gasteiger partial charge in [0, 0.05) is 85.7 Å². The molecule has 23 heteroatoms. The highest BCUT2D eigenvalue weighted by atomic mass is 35.5. The molecule has 4 saturated heterocycles. The second-order valence-electron chi connectivity index (χ2n) is 23.2.